The molecule has 1 atom stereocenters. The number of amides is 1. The lowest BCUT2D eigenvalue weighted by Crippen LogP contribution is -2.30. The zero-order valence-electron chi connectivity index (χ0n) is 17.1. The number of pyridine rings is 1. The van der Waals surface area contributed by atoms with Gasteiger partial charge >= 0.3 is 5.97 Å². The summed E-state index contributed by atoms with van der Waals surface area (Å²) >= 11 is 12.1. The number of anilines is 1. The molecule has 1 amide bonds. The molecule has 0 fully saturated rings. The number of nitro groups is 1. The number of benzene rings is 1. The zero-order valence-corrected chi connectivity index (χ0v) is 18.6. The summed E-state index contributed by atoms with van der Waals surface area (Å²) in [6.07, 6.45) is -1.23. The number of hydrogen-bond acceptors (Lipinski definition) is 7. The third-order valence-electron chi connectivity index (χ3n) is 4.33. The van der Waals surface area contributed by atoms with Gasteiger partial charge in [0.15, 0.2) is 17.6 Å². The highest BCUT2D eigenvalue weighted by atomic mass is 35.5. The van der Waals surface area contributed by atoms with Crippen molar-refractivity contribution >= 4 is 46.5 Å². The molecule has 2 aromatic heterocycles. The first-order valence-corrected chi connectivity index (χ1v) is 9.98. The molecule has 32 heavy (non-hydrogen) atoms. The van der Waals surface area contributed by atoms with Crippen molar-refractivity contribution in [2.24, 2.45) is 0 Å². The molecule has 0 bridgehead atoms. The van der Waals surface area contributed by atoms with Crippen molar-refractivity contribution in [2.45, 2.75) is 26.9 Å². The van der Waals surface area contributed by atoms with E-state index in [9.17, 15) is 19.7 Å². The second-order valence-electron chi connectivity index (χ2n) is 6.80. The molecule has 12 heteroatoms. The van der Waals surface area contributed by atoms with Crippen LogP contribution in [-0.4, -0.2) is 37.7 Å². The standard InChI is InChI=1S/C20H17Cl2N5O5/c1-10-8-11(2)26(25-10)17-7-5-14(21)18(24-17)20(29)32-12(3)19(28)23-16-6-4-13(27(30)31)9-15(16)22/h4-9,12H,1-3H3,(H,23,28). The monoisotopic (exact) mass is 477 g/mol. The second-order valence-corrected chi connectivity index (χ2v) is 7.61. The van der Waals surface area contributed by atoms with E-state index >= 15 is 0 Å². The van der Waals surface area contributed by atoms with Crippen LogP contribution in [0.5, 0.6) is 0 Å². The number of carbonyl (C=O) groups is 2. The van der Waals surface area contributed by atoms with Crippen molar-refractivity contribution in [3.63, 3.8) is 0 Å². The Balaban J connectivity index is 1.74. The van der Waals surface area contributed by atoms with Crippen molar-refractivity contribution in [3.8, 4) is 5.82 Å². The van der Waals surface area contributed by atoms with Gasteiger partial charge in [0.1, 0.15) is 0 Å². The predicted molar refractivity (Wildman–Crippen MR) is 117 cm³/mol. The molecular weight excluding hydrogens is 461 g/mol. The Hall–Kier alpha value is -3.50. The van der Waals surface area contributed by atoms with Crippen molar-refractivity contribution < 1.29 is 19.2 Å². The molecule has 0 spiro atoms. The normalized spacial score (nSPS) is 11.7. The molecule has 3 aromatic rings. The number of nitrogens with one attached hydrogen (secondary N) is 1. The zero-order chi connectivity index (χ0) is 23.6. The van der Waals surface area contributed by atoms with Crippen LogP contribution < -0.4 is 5.32 Å². The Bertz CT molecular complexity index is 1230. The van der Waals surface area contributed by atoms with E-state index < -0.39 is 22.9 Å². The molecule has 0 saturated carbocycles. The molecule has 0 aliphatic rings. The van der Waals surface area contributed by atoms with Crippen molar-refractivity contribution in [2.75, 3.05) is 5.32 Å². The van der Waals surface area contributed by atoms with Gasteiger partial charge in [-0.3, -0.25) is 14.9 Å². The number of ether oxygens (including phenoxy) is 1. The van der Waals surface area contributed by atoms with Crippen LogP contribution in [-0.2, 0) is 9.53 Å². The Morgan fingerprint density at radius 3 is 2.47 bits per heavy atom. The minimum absolute atomic E-state index is 0.0339. The van der Waals surface area contributed by atoms with E-state index in [1.165, 1.54) is 25.1 Å². The first-order chi connectivity index (χ1) is 15.1. The summed E-state index contributed by atoms with van der Waals surface area (Å²) < 4.78 is 6.75. The topological polar surface area (TPSA) is 129 Å². The van der Waals surface area contributed by atoms with Gasteiger partial charge in [0.2, 0.25) is 0 Å². The number of rotatable bonds is 6. The predicted octanol–water partition coefficient (Wildman–Crippen LogP) is 4.28. The van der Waals surface area contributed by atoms with Gasteiger partial charge in [-0.25, -0.2) is 14.5 Å². The van der Waals surface area contributed by atoms with Crippen LogP contribution in [0, 0.1) is 24.0 Å². The second kappa shape index (κ2) is 9.33. The van der Waals surface area contributed by atoms with Gasteiger partial charge in [0.05, 0.1) is 26.3 Å². The number of non-ortho nitro benzene ring substituents is 1. The fourth-order valence-corrected chi connectivity index (χ4v) is 3.18. The molecule has 3 rings (SSSR count). The van der Waals surface area contributed by atoms with Gasteiger partial charge < -0.3 is 10.1 Å². The van der Waals surface area contributed by atoms with Crippen LogP contribution in [0.25, 0.3) is 5.82 Å². The molecule has 2 heterocycles. The highest BCUT2D eigenvalue weighted by Gasteiger charge is 2.23. The Morgan fingerprint density at radius 1 is 1.16 bits per heavy atom. The number of esters is 1. The molecular formula is C20H17Cl2N5O5. The highest BCUT2D eigenvalue weighted by Crippen LogP contribution is 2.27. The van der Waals surface area contributed by atoms with E-state index in [0.29, 0.717) is 5.82 Å². The molecule has 0 aliphatic heterocycles. The van der Waals surface area contributed by atoms with Crippen LogP contribution in [0.15, 0.2) is 36.4 Å². The van der Waals surface area contributed by atoms with Gasteiger partial charge in [-0.2, -0.15) is 5.10 Å². The summed E-state index contributed by atoms with van der Waals surface area (Å²) in [6.45, 7) is 5.02. The van der Waals surface area contributed by atoms with Crippen molar-refractivity contribution in [1.82, 2.24) is 14.8 Å². The molecule has 0 aliphatic carbocycles. The molecule has 0 saturated heterocycles. The Morgan fingerprint density at radius 2 is 1.88 bits per heavy atom. The summed E-state index contributed by atoms with van der Waals surface area (Å²) in [5, 5.41) is 17.6. The molecule has 0 radical (unpaired) electrons. The summed E-state index contributed by atoms with van der Waals surface area (Å²) in [5.41, 5.74) is 1.32. The van der Waals surface area contributed by atoms with Crippen LogP contribution in [0.4, 0.5) is 11.4 Å². The van der Waals surface area contributed by atoms with E-state index in [-0.39, 0.29) is 27.1 Å². The summed E-state index contributed by atoms with van der Waals surface area (Å²) in [6, 6.07) is 8.51. The fourth-order valence-electron chi connectivity index (χ4n) is 2.78. The SMILES string of the molecule is Cc1cc(C)n(-c2ccc(Cl)c(C(=O)OC(C)C(=O)Nc3ccc([N+](=O)[O-])cc3Cl)n2)n1. The maximum atomic E-state index is 12.6. The average Bonchev–Trinajstić information content (AvgIpc) is 3.07. The number of aryl methyl sites for hydroxylation is 2. The fraction of sp³-hybridized carbons (Fsp3) is 0.200. The Kier molecular flexibility index (Phi) is 6.75. The van der Waals surface area contributed by atoms with Gasteiger partial charge in [-0.1, -0.05) is 23.2 Å². The third kappa shape index (κ3) is 5.04. The first kappa shape index (κ1) is 23.2. The maximum absolute atomic E-state index is 12.6. The van der Waals surface area contributed by atoms with Crippen molar-refractivity contribution in [1.29, 1.82) is 0 Å². The van der Waals surface area contributed by atoms with E-state index in [1.807, 2.05) is 19.9 Å². The highest BCUT2D eigenvalue weighted by molar-refractivity contribution is 6.34. The average molecular weight is 478 g/mol. The van der Waals surface area contributed by atoms with Crippen LogP contribution in [0.3, 0.4) is 0 Å². The van der Waals surface area contributed by atoms with Crippen LogP contribution in [0.1, 0.15) is 28.8 Å². The van der Waals surface area contributed by atoms with E-state index in [0.717, 1.165) is 17.5 Å². The smallest absolute Gasteiger partial charge is 0.359 e. The van der Waals surface area contributed by atoms with Crippen LogP contribution in [0.2, 0.25) is 10.0 Å². The summed E-state index contributed by atoms with van der Waals surface area (Å²) in [4.78, 5) is 39.4. The molecule has 1 aromatic carbocycles. The quantitative estimate of drug-likeness (QED) is 0.318. The number of halogens is 2. The van der Waals surface area contributed by atoms with E-state index in [1.54, 1.807) is 10.7 Å². The third-order valence-corrected chi connectivity index (χ3v) is 4.94. The summed E-state index contributed by atoms with van der Waals surface area (Å²) in [7, 11) is 0. The lowest BCUT2D eigenvalue weighted by molar-refractivity contribution is -0.384. The maximum Gasteiger partial charge on any atom is 0.359 e. The molecule has 10 nitrogen and oxygen atoms in total. The number of carbonyl (C=O) groups excluding carboxylic acids is 2. The van der Waals surface area contributed by atoms with Gasteiger partial charge in [-0.15, -0.1) is 0 Å². The van der Waals surface area contributed by atoms with E-state index in [2.05, 4.69) is 15.4 Å². The lowest BCUT2D eigenvalue weighted by Gasteiger charge is -2.15. The Labute approximate surface area is 192 Å². The van der Waals surface area contributed by atoms with Gasteiger partial charge in [0.25, 0.3) is 11.6 Å². The minimum Gasteiger partial charge on any atom is -0.448 e. The number of nitro benzene ring substituents is 1. The van der Waals surface area contributed by atoms with Gasteiger partial charge in [0, 0.05) is 17.8 Å². The first-order valence-electron chi connectivity index (χ1n) is 9.22. The van der Waals surface area contributed by atoms with Crippen molar-refractivity contribution in [3.05, 3.63) is 73.6 Å². The number of aromatic nitrogens is 3. The largest absolute Gasteiger partial charge is 0.448 e. The van der Waals surface area contributed by atoms with Gasteiger partial charge in [-0.05, 0) is 45.0 Å². The van der Waals surface area contributed by atoms with E-state index in [4.69, 9.17) is 27.9 Å². The lowest BCUT2D eigenvalue weighted by atomic mass is 10.2. The van der Waals surface area contributed by atoms with Crippen LogP contribution >= 0.6 is 23.2 Å². The number of nitrogens with zero attached hydrogens (tertiary/aromatic N) is 4. The molecule has 1 N–H and O–H groups in total. The molecule has 1 unspecified atom stereocenters. The minimum atomic E-state index is -1.23. The molecule has 166 valence electrons. The summed E-state index contributed by atoms with van der Waals surface area (Å²) in [5.74, 6) is -1.24. The number of hydrogen-bond donors (Lipinski definition) is 1.